The number of nitrogens with one attached hydrogen (secondary N) is 3. The number of benzene rings is 1. The lowest BCUT2D eigenvalue weighted by Crippen LogP contribution is -2.35. The third-order valence-electron chi connectivity index (χ3n) is 2.71. The van der Waals surface area contributed by atoms with Crippen molar-refractivity contribution in [1.29, 1.82) is 0 Å². The molecule has 21 heavy (non-hydrogen) atoms. The zero-order valence-corrected chi connectivity index (χ0v) is 11.8. The van der Waals surface area contributed by atoms with E-state index in [4.69, 9.17) is 5.21 Å². The van der Waals surface area contributed by atoms with Crippen LogP contribution in [0.1, 0.15) is 24.8 Å². The molecule has 3 amide bonds. The van der Waals surface area contributed by atoms with Crippen molar-refractivity contribution in [2.45, 2.75) is 26.2 Å². The molecule has 0 aliphatic heterocycles. The van der Waals surface area contributed by atoms with Gasteiger partial charge in [0.05, 0.1) is 6.54 Å². The van der Waals surface area contributed by atoms with Crippen LogP contribution in [0.15, 0.2) is 24.3 Å². The Bertz CT molecular complexity index is 499. The van der Waals surface area contributed by atoms with Gasteiger partial charge < -0.3 is 10.6 Å². The lowest BCUT2D eigenvalue weighted by atomic mass is 10.2. The van der Waals surface area contributed by atoms with Crippen LogP contribution in [0.4, 0.5) is 5.69 Å². The van der Waals surface area contributed by atoms with Crippen LogP contribution in [0, 0.1) is 6.92 Å². The number of rotatable bonds is 7. The highest BCUT2D eigenvalue weighted by Gasteiger charge is 2.07. The topological polar surface area (TPSA) is 108 Å². The van der Waals surface area contributed by atoms with E-state index in [0.29, 0.717) is 6.42 Å². The summed E-state index contributed by atoms with van der Waals surface area (Å²) >= 11 is 0. The summed E-state index contributed by atoms with van der Waals surface area (Å²) < 4.78 is 0. The molecule has 4 N–H and O–H groups in total. The second kappa shape index (κ2) is 8.70. The van der Waals surface area contributed by atoms with Crippen LogP contribution in [0.3, 0.4) is 0 Å². The van der Waals surface area contributed by atoms with Gasteiger partial charge in [-0.3, -0.25) is 19.6 Å². The van der Waals surface area contributed by atoms with Crippen molar-refractivity contribution in [1.82, 2.24) is 10.8 Å². The molecular formula is C14H19N3O4. The molecule has 1 aromatic rings. The number of carbonyl (C=O) groups excluding carboxylic acids is 3. The van der Waals surface area contributed by atoms with Crippen LogP contribution < -0.4 is 16.1 Å². The van der Waals surface area contributed by atoms with Gasteiger partial charge in [-0.15, -0.1) is 0 Å². The van der Waals surface area contributed by atoms with Gasteiger partial charge >= 0.3 is 0 Å². The highest BCUT2D eigenvalue weighted by Crippen LogP contribution is 2.09. The van der Waals surface area contributed by atoms with Crippen molar-refractivity contribution in [3.63, 3.8) is 0 Å². The summed E-state index contributed by atoms with van der Waals surface area (Å²) in [6.45, 7) is 1.67. The van der Waals surface area contributed by atoms with Gasteiger partial charge in [-0.25, -0.2) is 5.48 Å². The normalized spacial score (nSPS) is 9.81. The fourth-order valence-corrected chi connectivity index (χ4v) is 1.58. The maximum Gasteiger partial charge on any atom is 0.262 e. The van der Waals surface area contributed by atoms with Crippen molar-refractivity contribution >= 4 is 23.4 Å². The maximum atomic E-state index is 11.7. The first-order chi connectivity index (χ1) is 10.0. The van der Waals surface area contributed by atoms with Crippen LogP contribution in [0.2, 0.25) is 0 Å². The molecule has 0 unspecified atom stereocenters. The molecule has 0 spiro atoms. The molecule has 7 nitrogen and oxygen atoms in total. The van der Waals surface area contributed by atoms with Crippen LogP contribution >= 0.6 is 0 Å². The van der Waals surface area contributed by atoms with E-state index in [1.165, 1.54) is 5.48 Å². The molecule has 1 aromatic carbocycles. The fraction of sp³-hybridized carbons (Fsp3) is 0.357. The highest BCUT2D eigenvalue weighted by molar-refractivity contribution is 5.91. The SMILES string of the molecule is Cc1ccc(NC(=O)CCCC(=O)NCC(=O)NO)cc1. The summed E-state index contributed by atoms with van der Waals surface area (Å²) in [5.74, 6) is -1.21. The molecule has 0 bridgehead atoms. The zero-order valence-electron chi connectivity index (χ0n) is 11.8. The minimum atomic E-state index is -0.694. The number of hydroxylamine groups is 1. The second-order valence-electron chi connectivity index (χ2n) is 4.58. The third-order valence-corrected chi connectivity index (χ3v) is 2.71. The second-order valence-corrected chi connectivity index (χ2v) is 4.58. The maximum absolute atomic E-state index is 11.7. The summed E-state index contributed by atoms with van der Waals surface area (Å²) in [6, 6.07) is 7.42. The lowest BCUT2D eigenvalue weighted by Gasteiger charge is -2.06. The molecule has 0 saturated carbocycles. The first kappa shape index (κ1) is 16.6. The molecule has 0 aliphatic carbocycles. The minimum absolute atomic E-state index is 0.139. The predicted octanol–water partition coefficient (Wildman–Crippen LogP) is 0.725. The average molecular weight is 293 g/mol. The van der Waals surface area contributed by atoms with E-state index < -0.39 is 5.91 Å². The molecule has 114 valence electrons. The molecule has 0 aliphatic rings. The first-order valence-corrected chi connectivity index (χ1v) is 6.57. The Morgan fingerprint density at radius 1 is 1.00 bits per heavy atom. The van der Waals surface area contributed by atoms with E-state index >= 15 is 0 Å². The van der Waals surface area contributed by atoms with Gasteiger partial charge in [-0.2, -0.15) is 0 Å². The molecule has 7 heteroatoms. The van der Waals surface area contributed by atoms with Crippen molar-refractivity contribution in [2.75, 3.05) is 11.9 Å². The number of aryl methyl sites for hydroxylation is 1. The fourth-order valence-electron chi connectivity index (χ4n) is 1.58. The Morgan fingerprint density at radius 3 is 2.24 bits per heavy atom. The molecule has 0 fully saturated rings. The molecule has 0 saturated heterocycles. The van der Waals surface area contributed by atoms with Gasteiger partial charge in [0.1, 0.15) is 0 Å². The van der Waals surface area contributed by atoms with Crippen molar-refractivity contribution in [3.05, 3.63) is 29.8 Å². The third kappa shape index (κ3) is 7.07. The van der Waals surface area contributed by atoms with E-state index in [-0.39, 0.29) is 31.2 Å². The summed E-state index contributed by atoms with van der Waals surface area (Å²) in [6.07, 6.45) is 0.734. The molecule has 0 heterocycles. The van der Waals surface area contributed by atoms with E-state index in [2.05, 4.69) is 10.6 Å². The quantitative estimate of drug-likeness (QED) is 0.439. The summed E-state index contributed by atoms with van der Waals surface area (Å²) in [5, 5.41) is 13.3. The van der Waals surface area contributed by atoms with E-state index in [1.54, 1.807) is 0 Å². The molecule has 0 atom stereocenters. The van der Waals surface area contributed by atoms with Crippen molar-refractivity contribution in [2.24, 2.45) is 0 Å². The van der Waals surface area contributed by atoms with E-state index in [9.17, 15) is 14.4 Å². The number of anilines is 1. The first-order valence-electron chi connectivity index (χ1n) is 6.57. The molecular weight excluding hydrogens is 274 g/mol. The Hall–Kier alpha value is -2.41. The summed E-state index contributed by atoms with van der Waals surface area (Å²) in [4.78, 5) is 33.7. The largest absolute Gasteiger partial charge is 0.347 e. The van der Waals surface area contributed by atoms with Crippen LogP contribution in [-0.4, -0.2) is 29.5 Å². The standard InChI is InChI=1S/C14H19N3O4/c1-10-5-7-11(8-6-10)16-13(19)4-2-3-12(18)15-9-14(20)17-21/h5-8,21H,2-4,9H2,1H3,(H,15,18)(H,16,19)(H,17,20). The number of carbonyl (C=O) groups is 3. The lowest BCUT2D eigenvalue weighted by molar-refractivity contribution is -0.131. The molecule has 0 radical (unpaired) electrons. The summed E-state index contributed by atoms with van der Waals surface area (Å²) in [7, 11) is 0. The Balaban J connectivity index is 2.20. The van der Waals surface area contributed by atoms with Crippen LogP contribution in [0.5, 0.6) is 0 Å². The van der Waals surface area contributed by atoms with Gasteiger partial charge in [0.2, 0.25) is 11.8 Å². The number of hydrogen-bond acceptors (Lipinski definition) is 4. The van der Waals surface area contributed by atoms with Crippen LogP contribution in [0.25, 0.3) is 0 Å². The minimum Gasteiger partial charge on any atom is -0.347 e. The van der Waals surface area contributed by atoms with Gasteiger partial charge in [0.25, 0.3) is 5.91 Å². The van der Waals surface area contributed by atoms with Crippen molar-refractivity contribution < 1.29 is 19.6 Å². The smallest absolute Gasteiger partial charge is 0.262 e. The van der Waals surface area contributed by atoms with Gasteiger partial charge in [-0.05, 0) is 25.5 Å². The zero-order chi connectivity index (χ0) is 15.7. The Labute approximate surface area is 122 Å². The van der Waals surface area contributed by atoms with Gasteiger partial charge in [0.15, 0.2) is 0 Å². The Morgan fingerprint density at radius 2 is 1.62 bits per heavy atom. The van der Waals surface area contributed by atoms with Gasteiger partial charge in [0, 0.05) is 18.5 Å². The highest BCUT2D eigenvalue weighted by atomic mass is 16.5. The van der Waals surface area contributed by atoms with E-state index in [0.717, 1.165) is 11.3 Å². The Kier molecular flexibility index (Phi) is 6.90. The number of hydrogen-bond donors (Lipinski definition) is 4. The van der Waals surface area contributed by atoms with Crippen LogP contribution in [-0.2, 0) is 14.4 Å². The van der Waals surface area contributed by atoms with E-state index in [1.807, 2.05) is 31.2 Å². The number of amides is 3. The summed E-state index contributed by atoms with van der Waals surface area (Å²) in [5.41, 5.74) is 3.23. The van der Waals surface area contributed by atoms with Gasteiger partial charge in [-0.1, -0.05) is 17.7 Å². The molecule has 1 rings (SSSR count). The molecule has 0 aromatic heterocycles. The predicted molar refractivity (Wildman–Crippen MR) is 76.6 cm³/mol. The monoisotopic (exact) mass is 293 g/mol. The average Bonchev–Trinajstić information content (AvgIpc) is 2.47. The van der Waals surface area contributed by atoms with Crippen molar-refractivity contribution in [3.8, 4) is 0 Å².